The van der Waals surface area contributed by atoms with Gasteiger partial charge in [-0.1, -0.05) is 12.8 Å². The first kappa shape index (κ1) is 14.3. The van der Waals surface area contributed by atoms with Gasteiger partial charge in [-0.25, -0.2) is 9.59 Å². The number of aliphatic carboxylic acids is 2. The van der Waals surface area contributed by atoms with Crippen molar-refractivity contribution in [1.82, 2.24) is 10.6 Å². The molecule has 0 spiro atoms. The number of carboxylic acids is 2. The molecule has 2 amide bonds. The molecule has 1 saturated carbocycles. The zero-order valence-corrected chi connectivity index (χ0v) is 10.0. The first-order valence-electron chi connectivity index (χ1n) is 6.00. The molecule has 7 nitrogen and oxygen atoms in total. The molecule has 0 radical (unpaired) electrons. The molecule has 0 unspecified atom stereocenters. The molecule has 0 aromatic heterocycles. The molecule has 18 heavy (non-hydrogen) atoms. The van der Waals surface area contributed by atoms with Crippen molar-refractivity contribution < 1.29 is 24.6 Å². The van der Waals surface area contributed by atoms with Crippen LogP contribution in [-0.2, 0) is 9.59 Å². The van der Waals surface area contributed by atoms with E-state index < -0.39 is 24.0 Å². The lowest BCUT2D eigenvalue weighted by Gasteiger charge is -2.17. The summed E-state index contributed by atoms with van der Waals surface area (Å²) in [6, 6.07) is -1.61. The Labute approximate surface area is 105 Å². The van der Waals surface area contributed by atoms with Crippen LogP contribution in [-0.4, -0.2) is 40.3 Å². The van der Waals surface area contributed by atoms with E-state index in [9.17, 15) is 14.4 Å². The fourth-order valence-corrected chi connectivity index (χ4v) is 1.98. The van der Waals surface area contributed by atoms with Gasteiger partial charge in [-0.05, 0) is 19.3 Å². The van der Waals surface area contributed by atoms with Gasteiger partial charge < -0.3 is 20.8 Å². The van der Waals surface area contributed by atoms with Crippen LogP contribution in [0.5, 0.6) is 0 Å². The number of urea groups is 1. The lowest BCUT2D eigenvalue weighted by molar-refractivity contribution is -0.140. The Kier molecular flexibility index (Phi) is 5.41. The number of rotatable bonds is 6. The predicted octanol–water partition coefficient (Wildman–Crippen LogP) is 0.546. The summed E-state index contributed by atoms with van der Waals surface area (Å²) in [7, 11) is 0. The van der Waals surface area contributed by atoms with E-state index in [2.05, 4.69) is 10.6 Å². The van der Waals surface area contributed by atoms with E-state index in [0.29, 0.717) is 0 Å². The van der Waals surface area contributed by atoms with Crippen LogP contribution in [0.1, 0.15) is 38.5 Å². The van der Waals surface area contributed by atoms with Crippen LogP contribution in [0.4, 0.5) is 4.79 Å². The highest BCUT2D eigenvalue weighted by molar-refractivity contribution is 5.83. The summed E-state index contributed by atoms with van der Waals surface area (Å²) in [5, 5.41) is 22.3. The lowest BCUT2D eigenvalue weighted by atomic mass is 10.1. The topological polar surface area (TPSA) is 116 Å². The minimum atomic E-state index is -1.22. The summed E-state index contributed by atoms with van der Waals surface area (Å²) in [5.74, 6) is -2.31. The normalized spacial score (nSPS) is 17.1. The molecule has 0 aromatic carbocycles. The molecule has 1 aliphatic rings. The number of carboxylic acid groups (broad SMARTS) is 2. The Bertz CT molecular complexity index is 325. The second kappa shape index (κ2) is 6.83. The summed E-state index contributed by atoms with van der Waals surface area (Å²) in [4.78, 5) is 32.7. The van der Waals surface area contributed by atoms with Crippen molar-refractivity contribution in [3.63, 3.8) is 0 Å². The highest BCUT2D eigenvalue weighted by Crippen LogP contribution is 2.17. The molecule has 102 valence electrons. The van der Waals surface area contributed by atoms with Crippen LogP contribution >= 0.6 is 0 Å². The highest BCUT2D eigenvalue weighted by Gasteiger charge is 2.23. The highest BCUT2D eigenvalue weighted by atomic mass is 16.4. The number of amides is 2. The first-order valence-corrected chi connectivity index (χ1v) is 6.00. The third-order valence-corrected chi connectivity index (χ3v) is 2.94. The summed E-state index contributed by atoms with van der Waals surface area (Å²) >= 11 is 0. The lowest BCUT2D eigenvalue weighted by Crippen LogP contribution is -2.48. The van der Waals surface area contributed by atoms with Crippen molar-refractivity contribution >= 4 is 18.0 Å². The van der Waals surface area contributed by atoms with E-state index in [1.807, 2.05) is 0 Å². The quantitative estimate of drug-likeness (QED) is 0.555. The number of hydrogen-bond acceptors (Lipinski definition) is 3. The molecule has 0 bridgehead atoms. The molecule has 0 saturated heterocycles. The number of nitrogens with one attached hydrogen (secondary N) is 2. The van der Waals surface area contributed by atoms with Gasteiger partial charge in [-0.15, -0.1) is 0 Å². The molecule has 0 aromatic rings. The number of hydrogen-bond donors (Lipinski definition) is 4. The van der Waals surface area contributed by atoms with Gasteiger partial charge in [-0.2, -0.15) is 0 Å². The smallest absolute Gasteiger partial charge is 0.326 e. The van der Waals surface area contributed by atoms with Gasteiger partial charge >= 0.3 is 18.0 Å². The summed E-state index contributed by atoms with van der Waals surface area (Å²) in [5.41, 5.74) is 0. The number of carbonyl (C=O) groups excluding carboxylic acids is 1. The van der Waals surface area contributed by atoms with Gasteiger partial charge in [0.1, 0.15) is 6.04 Å². The van der Waals surface area contributed by atoms with Gasteiger partial charge in [0.2, 0.25) is 0 Å². The average molecular weight is 258 g/mol. The molecule has 7 heteroatoms. The van der Waals surface area contributed by atoms with Gasteiger partial charge in [0.25, 0.3) is 0 Å². The van der Waals surface area contributed by atoms with E-state index >= 15 is 0 Å². The van der Waals surface area contributed by atoms with Crippen molar-refractivity contribution in [3.05, 3.63) is 0 Å². The van der Waals surface area contributed by atoms with E-state index in [0.717, 1.165) is 25.7 Å². The van der Waals surface area contributed by atoms with Crippen molar-refractivity contribution in [2.75, 3.05) is 0 Å². The summed E-state index contributed by atoms with van der Waals surface area (Å²) < 4.78 is 0. The molecule has 0 aliphatic heterocycles. The minimum Gasteiger partial charge on any atom is -0.481 e. The van der Waals surface area contributed by atoms with Crippen LogP contribution in [0.15, 0.2) is 0 Å². The van der Waals surface area contributed by atoms with Crippen LogP contribution in [0.3, 0.4) is 0 Å². The fraction of sp³-hybridized carbons (Fsp3) is 0.727. The maximum Gasteiger partial charge on any atom is 0.326 e. The summed E-state index contributed by atoms with van der Waals surface area (Å²) in [6.45, 7) is 0. The zero-order valence-electron chi connectivity index (χ0n) is 10.0. The maximum atomic E-state index is 11.5. The van der Waals surface area contributed by atoms with Crippen LogP contribution < -0.4 is 10.6 Å². The fourth-order valence-electron chi connectivity index (χ4n) is 1.98. The SMILES string of the molecule is O=C(O)CC[C@H](NC(=O)NC1CCCC1)C(=O)O. The second-order valence-corrected chi connectivity index (χ2v) is 4.42. The molecule has 1 rings (SSSR count). The van der Waals surface area contributed by atoms with Crippen molar-refractivity contribution in [2.45, 2.75) is 50.6 Å². The Morgan fingerprint density at radius 2 is 1.78 bits per heavy atom. The third-order valence-electron chi connectivity index (χ3n) is 2.94. The monoisotopic (exact) mass is 258 g/mol. The van der Waals surface area contributed by atoms with Crippen molar-refractivity contribution in [3.8, 4) is 0 Å². The standard InChI is InChI=1S/C11H18N2O5/c14-9(15)6-5-8(10(16)17)13-11(18)12-7-3-1-2-4-7/h7-8H,1-6H2,(H,14,15)(H,16,17)(H2,12,13,18)/t8-/m0/s1. The number of carbonyl (C=O) groups is 3. The first-order chi connectivity index (χ1) is 8.49. The zero-order chi connectivity index (χ0) is 13.5. The van der Waals surface area contributed by atoms with Gasteiger partial charge in [0.05, 0.1) is 0 Å². The Morgan fingerprint density at radius 3 is 2.28 bits per heavy atom. The van der Waals surface area contributed by atoms with Gasteiger partial charge in [0, 0.05) is 12.5 Å². The van der Waals surface area contributed by atoms with Crippen molar-refractivity contribution in [2.24, 2.45) is 0 Å². The molecular formula is C11H18N2O5. The van der Waals surface area contributed by atoms with Crippen LogP contribution in [0.2, 0.25) is 0 Å². The van der Waals surface area contributed by atoms with Crippen molar-refractivity contribution in [1.29, 1.82) is 0 Å². The van der Waals surface area contributed by atoms with E-state index in [1.54, 1.807) is 0 Å². The van der Waals surface area contributed by atoms with Crippen LogP contribution in [0.25, 0.3) is 0 Å². The maximum absolute atomic E-state index is 11.5. The minimum absolute atomic E-state index is 0.0962. The molecule has 1 fully saturated rings. The molecule has 4 N–H and O–H groups in total. The second-order valence-electron chi connectivity index (χ2n) is 4.42. The molecule has 1 aliphatic carbocycles. The van der Waals surface area contributed by atoms with E-state index in [-0.39, 0.29) is 18.9 Å². The Balaban J connectivity index is 2.36. The Hall–Kier alpha value is -1.79. The molecule has 0 heterocycles. The summed E-state index contributed by atoms with van der Waals surface area (Å²) in [6.07, 6.45) is 3.52. The average Bonchev–Trinajstić information content (AvgIpc) is 2.76. The van der Waals surface area contributed by atoms with Gasteiger partial charge in [0.15, 0.2) is 0 Å². The third kappa shape index (κ3) is 5.03. The Morgan fingerprint density at radius 1 is 1.17 bits per heavy atom. The van der Waals surface area contributed by atoms with E-state index in [1.165, 1.54) is 0 Å². The van der Waals surface area contributed by atoms with E-state index in [4.69, 9.17) is 10.2 Å². The molecule has 1 atom stereocenters. The molecular weight excluding hydrogens is 240 g/mol. The predicted molar refractivity (Wildman–Crippen MR) is 62.2 cm³/mol. The van der Waals surface area contributed by atoms with Crippen LogP contribution in [0, 0.1) is 0 Å². The largest absolute Gasteiger partial charge is 0.481 e. The van der Waals surface area contributed by atoms with Gasteiger partial charge in [-0.3, -0.25) is 4.79 Å².